The summed E-state index contributed by atoms with van der Waals surface area (Å²) < 4.78 is 0. The molecule has 0 bridgehead atoms. The fraction of sp³-hybridized carbons (Fsp3) is 0.107. The zero-order chi connectivity index (χ0) is 23.2. The van der Waals surface area contributed by atoms with Crippen molar-refractivity contribution in [3.8, 4) is 28.5 Å². The summed E-state index contributed by atoms with van der Waals surface area (Å²) in [6.07, 6.45) is 0. The molecule has 4 aromatic rings. The molecule has 0 saturated carbocycles. The number of hydrogen-bond acceptors (Lipinski definition) is 4. The molecule has 162 valence electrons. The molecule has 0 aliphatic carbocycles. The van der Waals surface area contributed by atoms with Gasteiger partial charge in [-0.1, -0.05) is 90.6 Å². The largest absolute Gasteiger partial charge is 0.325 e. The monoisotopic (exact) mass is 449 g/mol. The highest BCUT2D eigenvalue weighted by molar-refractivity contribution is 8.00. The molecule has 0 saturated heterocycles. The molecule has 0 spiro atoms. The van der Waals surface area contributed by atoms with Gasteiger partial charge in [-0.15, -0.1) is 0 Å². The topological polar surface area (TPSA) is 65.8 Å². The fourth-order valence-corrected chi connectivity index (χ4v) is 4.41. The lowest BCUT2D eigenvalue weighted by molar-refractivity contribution is -0.115. The van der Waals surface area contributed by atoms with Crippen LogP contribution in [0.2, 0.25) is 0 Å². The molecule has 1 aromatic heterocycles. The van der Waals surface area contributed by atoms with Crippen LogP contribution in [0.25, 0.3) is 22.4 Å². The Morgan fingerprint density at radius 1 is 0.939 bits per heavy atom. The van der Waals surface area contributed by atoms with E-state index in [-0.39, 0.29) is 5.91 Å². The Morgan fingerprint density at radius 2 is 1.55 bits per heavy atom. The summed E-state index contributed by atoms with van der Waals surface area (Å²) in [4.78, 5) is 17.7. The van der Waals surface area contributed by atoms with Gasteiger partial charge in [0.15, 0.2) is 0 Å². The van der Waals surface area contributed by atoms with Crippen LogP contribution in [-0.2, 0) is 4.79 Å². The van der Waals surface area contributed by atoms with E-state index < -0.39 is 5.25 Å². The molecule has 33 heavy (non-hydrogen) atoms. The van der Waals surface area contributed by atoms with Gasteiger partial charge < -0.3 is 5.32 Å². The van der Waals surface area contributed by atoms with Crippen molar-refractivity contribution in [2.75, 3.05) is 5.32 Å². The lowest BCUT2D eigenvalue weighted by atomic mass is 9.99. The Bertz CT molecular complexity index is 1310. The molecule has 1 heterocycles. The molecular formula is C28H23N3OS. The summed E-state index contributed by atoms with van der Waals surface area (Å²) in [6.45, 7) is 3.79. The van der Waals surface area contributed by atoms with Crippen LogP contribution in [0.3, 0.4) is 0 Å². The summed E-state index contributed by atoms with van der Waals surface area (Å²) in [5, 5.41) is 13.1. The Kier molecular flexibility index (Phi) is 6.87. The van der Waals surface area contributed by atoms with Crippen molar-refractivity contribution < 1.29 is 4.79 Å². The van der Waals surface area contributed by atoms with Crippen LogP contribution >= 0.6 is 11.8 Å². The molecule has 0 unspecified atom stereocenters. The number of pyridine rings is 1. The Morgan fingerprint density at radius 3 is 2.18 bits per heavy atom. The zero-order valence-corrected chi connectivity index (χ0v) is 19.3. The molecule has 0 aliphatic rings. The Balaban J connectivity index is 1.73. The number of rotatable bonds is 6. The van der Waals surface area contributed by atoms with Crippen LogP contribution in [-0.4, -0.2) is 16.1 Å². The number of carbonyl (C=O) groups is 1. The van der Waals surface area contributed by atoms with Gasteiger partial charge in [-0.05, 0) is 37.1 Å². The van der Waals surface area contributed by atoms with Crippen LogP contribution in [0.15, 0.2) is 96.0 Å². The predicted octanol–water partition coefficient (Wildman–Crippen LogP) is 6.72. The maximum absolute atomic E-state index is 12.9. The highest BCUT2D eigenvalue weighted by Gasteiger charge is 2.21. The zero-order valence-electron chi connectivity index (χ0n) is 18.4. The van der Waals surface area contributed by atoms with Crippen molar-refractivity contribution in [3.05, 3.63) is 102 Å². The molecular weight excluding hydrogens is 426 g/mol. The third kappa shape index (κ3) is 5.14. The van der Waals surface area contributed by atoms with E-state index in [9.17, 15) is 10.1 Å². The van der Waals surface area contributed by atoms with E-state index in [0.29, 0.717) is 10.6 Å². The molecule has 0 aliphatic heterocycles. The van der Waals surface area contributed by atoms with E-state index in [1.807, 2.05) is 105 Å². The smallest absolute Gasteiger partial charge is 0.237 e. The van der Waals surface area contributed by atoms with Crippen molar-refractivity contribution in [1.29, 1.82) is 5.26 Å². The minimum Gasteiger partial charge on any atom is -0.325 e. The number of nitrogens with zero attached hydrogens (tertiary/aromatic N) is 2. The maximum Gasteiger partial charge on any atom is 0.237 e. The molecule has 0 radical (unpaired) electrons. The van der Waals surface area contributed by atoms with Gasteiger partial charge in [0.2, 0.25) is 5.91 Å². The van der Waals surface area contributed by atoms with Gasteiger partial charge in [-0.2, -0.15) is 5.26 Å². The number of nitrogens with one attached hydrogen (secondary N) is 1. The number of aromatic nitrogens is 1. The van der Waals surface area contributed by atoms with E-state index in [0.717, 1.165) is 33.6 Å². The number of para-hydroxylation sites is 1. The van der Waals surface area contributed by atoms with Crippen molar-refractivity contribution in [2.45, 2.75) is 24.1 Å². The molecule has 1 atom stereocenters. The molecule has 0 fully saturated rings. The van der Waals surface area contributed by atoms with E-state index in [1.165, 1.54) is 11.8 Å². The van der Waals surface area contributed by atoms with Gasteiger partial charge in [0.1, 0.15) is 11.1 Å². The number of nitriles is 1. The quantitative estimate of drug-likeness (QED) is 0.332. The Labute approximate surface area is 198 Å². The third-order valence-corrected chi connectivity index (χ3v) is 6.40. The molecule has 3 aromatic carbocycles. The van der Waals surface area contributed by atoms with E-state index >= 15 is 0 Å². The molecule has 5 heteroatoms. The van der Waals surface area contributed by atoms with Gasteiger partial charge in [0.05, 0.1) is 16.5 Å². The van der Waals surface area contributed by atoms with Crippen molar-refractivity contribution in [3.63, 3.8) is 0 Å². The molecule has 4 nitrogen and oxygen atoms in total. The number of hydrogen-bond donors (Lipinski definition) is 1. The number of anilines is 1. The van der Waals surface area contributed by atoms with Crippen LogP contribution in [0.1, 0.15) is 18.1 Å². The first kappa shape index (κ1) is 22.3. The highest BCUT2D eigenvalue weighted by atomic mass is 32.2. The summed E-state index contributed by atoms with van der Waals surface area (Å²) in [5.41, 5.74) is 5.72. The molecule has 4 rings (SSSR count). The summed E-state index contributed by atoms with van der Waals surface area (Å²) in [7, 11) is 0. The number of benzene rings is 3. The van der Waals surface area contributed by atoms with Gasteiger partial charge in [0, 0.05) is 16.8 Å². The Hall–Kier alpha value is -3.88. The highest BCUT2D eigenvalue weighted by Crippen LogP contribution is 2.35. The summed E-state index contributed by atoms with van der Waals surface area (Å²) in [5.74, 6) is -0.133. The second kappa shape index (κ2) is 10.2. The van der Waals surface area contributed by atoms with Crippen LogP contribution in [0.4, 0.5) is 5.69 Å². The maximum atomic E-state index is 12.9. The lowest BCUT2D eigenvalue weighted by Crippen LogP contribution is -2.23. The number of aryl methyl sites for hydroxylation is 1. The summed E-state index contributed by atoms with van der Waals surface area (Å²) in [6, 6.07) is 31.6. The fourth-order valence-electron chi connectivity index (χ4n) is 3.49. The first-order valence-electron chi connectivity index (χ1n) is 10.7. The predicted molar refractivity (Wildman–Crippen MR) is 135 cm³/mol. The van der Waals surface area contributed by atoms with Gasteiger partial charge in [0.25, 0.3) is 0 Å². The summed E-state index contributed by atoms with van der Waals surface area (Å²) >= 11 is 1.30. The number of amides is 1. The first-order valence-corrected chi connectivity index (χ1v) is 11.5. The van der Waals surface area contributed by atoms with Gasteiger partial charge >= 0.3 is 0 Å². The van der Waals surface area contributed by atoms with Crippen molar-refractivity contribution >= 4 is 23.4 Å². The lowest BCUT2D eigenvalue weighted by Gasteiger charge is -2.16. The van der Waals surface area contributed by atoms with E-state index in [2.05, 4.69) is 11.4 Å². The SMILES string of the molecule is Cc1ccccc1NC(=O)[C@@H](C)Sc1nc(-c2ccccc2)cc(-c2ccccc2)c1C#N. The van der Waals surface area contributed by atoms with Gasteiger partial charge in [-0.25, -0.2) is 4.98 Å². The first-order chi connectivity index (χ1) is 16.1. The average molecular weight is 450 g/mol. The second-order valence-electron chi connectivity index (χ2n) is 7.64. The number of thioether (sulfide) groups is 1. The van der Waals surface area contributed by atoms with Crippen molar-refractivity contribution in [1.82, 2.24) is 4.98 Å². The van der Waals surface area contributed by atoms with Crippen LogP contribution < -0.4 is 5.32 Å². The van der Waals surface area contributed by atoms with Crippen LogP contribution in [0, 0.1) is 18.3 Å². The second-order valence-corrected chi connectivity index (χ2v) is 8.97. The minimum absolute atomic E-state index is 0.133. The molecule has 1 N–H and O–H groups in total. The normalized spacial score (nSPS) is 11.4. The van der Waals surface area contributed by atoms with E-state index in [4.69, 9.17) is 4.98 Å². The van der Waals surface area contributed by atoms with Crippen molar-refractivity contribution in [2.24, 2.45) is 0 Å². The van der Waals surface area contributed by atoms with Crippen LogP contribution in [0.5, 0.6) is 0 Å². The molecule has 1 amide bonds. The third-order valence-electron chi connectivity index (χ3n) is 5.31. The standard InChI is InChI=1S/C28H23N3OS/c1-19-11-9-10-16-25(19)30-27(32)20(2)33-28-24(18-29)23(21-12-5-3-6-13-21)17-26(31-28)22-14-7-4-8-15-22/h3-17,20H,1-2H3,(H,30,32)/t20-/m1/s1. The van der Waals surface area contributed by atoms with Gasteiger partial charge in [-0.3, -0.25) is 4.79 Å². The minimum atomic E-state index is -0.446. The average Bonchev–Trinajstić information content (AvgIpc) is 2.86. The van der Waals surface area contributed by atoms with E-state index in [1.54, 1.807) is 0 Å². The number of carbonyl (C=O) groups excluding carboxylic acids is 1.